The molecule has 1 fully saturated rings. The molecule has 37 heavy (non-hydrogen) atoms. The Balaban J connectivity index is 1.30. The molecule has 1 amide bonds. The van der Waals surface area contributed by atoms with Gasteiger partial charge in [0.25, 0.3) is 5.91 Å². The van der Waals surface area contributed by atoms with Crippen LogP contribution in [0.1, 0.15) is 28.2 Å². The zero-order valence-corrected chi connectivity index (χ0v) is 23.3. The molecule has 0 atom stereocenters. The van der Waals surface area contributed by atoms with E-state index in [1.807, 2.05) is 54.7 Å². The molecule has 1 N–H and O–H groups in total. The van der Waals surface area contributed by atoms with Gasteiger partial charge in [-0.25, -0.2) is 9.82 Å². The lowest BCUT2D eigenvalue weighted by atomic mass is 10.2. The maximum absolute atomic E-state index is 13.1. The van der Waals surface area contributed by atoms with Crippen LogP contribution in [0.25, 0.3) is 0 Å². The van der Waals surface area contributed by atoms with E-state index in [0.29, 0.717) is 38.5 Å². The Hall–Kier alpha value is -2.69. The molecule has 1 aliphatic rings. The van der Waals surface area contributed by atoms with Crippen molar-refractivity contribution in [2.75, 3.05) is 24.7 Å². The first kappa shape index (κ1) is 27.3. The summed E-state index contributed by atoms with van der Waals surface area (Å²) < 4.78 is 31.5. The number of nitrogens with one attached hydrogen (secondary N) is 1. The van der Waals surface area contributed by atoms with Crippen LogP contribution in [0, 0.1) is 5.82 Å². The molecule has 3 aromatic carbocycles. The Bertz CT molecular complexity index is 1220. The predicted molar refractivity (Wildman–Crippen MR) is 151 cm³/mol. The number of hydrazone groups is 1. The van der Waals surface area contributed by atoms with Crippen molar-refractivity contribution in [2.24, 2.45) is 5.10 Å². The van der Waals surface area contributed by atoms with E-state index in [1.165, 1.54) is 35.4 Å². The molecule has 0 radical (unpaired) electrons. The summed E-state index contributed by atoms with van der Waals surface area (Å²) >= 11 is 7.40. The van der Waals surface area contributed by atoms with Crippen LogP contribution in [0.15, 0.2) is 70.2 Å². The molecule has 0 aliphatic carbocycles. The zero-order valence-electron chi connectivity index (χ0n) is 20.1. The molecule has 0 spiro atoms. The summed E-state index contributed by atoms with van der Waals surface area (Å²) in [5, 5.41) is 4.04. The van der Waals surface area contributed by atoms with Crippen molar-refractivity contribution in [3.05, 3.63) is 87.6 Å². The first-order valence-corrected chi connectivity index (χ1v) is 14.5. The second kappa shape index (κ2) is 13.7. The molecule has 0 aromatic heterocycles. The maximum Gasteiger partial charge on any atom is 0.277 e. The van der Waals surface area contributed by atoms with Gasteiger partial charge >= 0.3 is 0 Å². The summed E-state index contributed by atoms with van der Waals surface area (Å²) in [6.07, 6.45) is 1.51. The van der Waals surface area contributed by atoms with E-state index in [1.54, 1.807) is 24.3 Å². The maximum atomic E-state index is 13.1. The minimum atomic E-state index is -0.373. The summed E-state index contributed by atoms with van der Waals surface area (Å²) in [4.78, 5) is 12.2. The molecule has 6 nitrogen and oxygen atoms in total. The van der Waals surface area contributed by atoms with E-state index in [0.717, 1.165) is 5.56 Å². The molecule has 10 heteroatoms. The Labute approximate surface area is 232 Å². The minimum Gasteiger partial charge on any atom is -0.490 e. The number of thioether (sulfide) groups is 2. The fourth-order valence-electron chi connectivity index (χ4n) is 3.40. The number of amides is 1. The van der Waals surface area contributed by atoms with Crippen LogP contribution >= 0.6 is 39.5 Å². The summed E-state index contributed by atoms with van der Waals surface area (Å²) in [7, 11) is 0. The molecule has 1 aliphatic heterocycles. The number of ether oxygens (including phenoxy) is 3. The van der Waals surface area contributed by atoms with Crippen molar-refractivity contribution >= 4 is 51.6 Å². The van der Waals surface area contributed by atoms with Gasteiger partial charge in [0.15, 0.2) is 18.1 Å². The number of hydrogen-bond donors (Lipinski definition) is 1. The van der Waals surface area contributed by atoms with Gasteiger partial charge in [-0.05, 0) is 70.4 Å². The van der Waals surface area contributed by atoms with E-state index >= 15 is 0 Å². The molecule has 1 saturated heterocycles. The van der Waals surface area contributed by atoms with Crippen LogP contribution in [-0.2, 0) is 11.4 Å². The Morgan fingerprint density at radius 1 is 1.05 bits per heavy atom. The number of carbonyl (C=O) groups excluding carboxylic acids is 1. The Morgan fingerprint density at radius 3 is 2.46 bits per heavy atom. The van der Waals surface area contributed by atoms with Gasteiger partial charge in [-0.15, -0.1) is 23.5 Å². The van der Waals surface area contributed by atoms with Gasteiger partial charge in [0.1, 0.15) is 18.2 Å². The largest absolute Gasteiger partial charge is 0.490 e. The van der Waals surface area contributed by atoms with Crippen LogP contribution in [0.3, 0.4) is 0 Å². The van der Waals surface area contributed by atoms with E-state index in [4.69, 9.17) is 14.2 Å². The highest BCUT2D eigenvalue weighted by Crippen LogP contribution is 2.45. The molecule has 4 rings (SSSR count). The SMILES string of the molecule is CCOc1cc(/C=N\NC(=O)COc2ccc(C3SCCS3)cc2)c(Br)cc1OCc1ccc(F)cc1. The van der Waals surface area contributed by atoms with E-state index < -0.39 is 0 Å². The molecule has 0 unspecified atom stereocenters. The van der Waals surface area contributed by atoms with Crippen molar-refractivity contribution in [1.82, 2.24) is 5.43 Å². The average molecular weight is 606 g/mol. The standard InChI is InChI=1S/C27H26BrFN2O4S2/c1-2-33-24-13-20(23(28)14-25(24)35-16-18-3-7-21(29)8-4-18)15-30-31-26(32)17-34-22-9-5-19(6-10-22)27-36-11-12-37-27/h3-10,13-15,27H,2,11-12,16-17H2,1H3,(H,31,32)/b30-15-. The fraction of sp³-hybridized carbons (Fsp3) is 0.259. The molecular weight excluding hydrogens is 579 g/mol. The van der Waals surface area contributed by atoms with Gasteiger partial charge in [0, 0.05) is 21.5 Å². The second-order valence-electron chi connectivity index (χ2n) is 7.89. The average Bonchev–Trinajstić information content (AvgIpc) is 3.45. The lowest BCUT2D eigenvalue weighted by Gasteiger charge is -2.14. The fourth-order valence-corrected chi connectivity index (χ4v) is 6.68. The minimum absolute atomic E-state index is 0.148. The van der Waals surface area contributed by atoms with Crippen molar-refractivity contribution in [2.45, 2.75) is 18.1 Å². The summed E-state index contributed by atoms with van der Waals surface area (Å²) in [6.45, 7) is 2.43. The molecule has 1 heterocycles. The number of benzene rings is 3. The van der Waals surface area contributed by atoms with Crippen molar-refractivity contribution in [3.63, 3.8) is 0 Å². The number of nitrogens with zero attached hydrogens (tertiary/aromatic N) is 1. The van der Waals surface area contributed by atoms with E-state index in [9.17, 15) is 9.18 Å². The van der Waals surface area contributed by atoms with Gasteiger partial charge in [-0.1, -0.05) is 24.3 Å². The van der Waals surface area contributed by atoms with Crippen LogP contribution < -0.4 is 19.6 Å². The lowest BCUT2D eigenvalue weighted by Crippen LogP contribution is -2.24. The van der Waals surface area contributed by atoms with Gasteiger partial charge in [0.05, 0.1) is 17.4 Å². The van der Waals surface area contributed by atoms with Gasteiger partial charge in [-0.3, -0.25) is 4.79 Å². The first-order chi connectivity index (χ1) is 18.0. The lowest BCUT2D eigenvalue weighted by molar-refractivity contribution is -0.123. The van der Waals surface area contributed by atoms with E-state index in [2.05, 4.69) is 26.5 Å². The number of hydrogen-bond acceptors (Lipinski definition) is 7. The molecule has 3 aromatic rings. The second-order valence-corrected chi connectivity index (χ2v) is 11.5. The highest BCUT2D eigenvalue weighted by atomic mass is 79.9. The van der Waals surface area contributed by atoms with Gasteiger partial charge < -0.3 is 14.2 Å². The highest BCUT2D eigenvalue weighted by molar-refractivity contribution is 9.10. The molecule has 0 saturated carbocycles. The monoisotopic (exact) mass is 604 g/mol. The number of halogens is 2. The van der Waals surface area contributed by atoms with Crippen LogP contribution in [0.2, 0.25) is 0 Å². The van der Waals surface area contributed by atoms with Crippen molar-refractivity contribution in [1.29, 1.82) is 0 Å². The first-order valence-electron chi connectivity index (χ1n) is 11.6. The van der Waals surface area contributed by atoms with Crippen LogP contribution in [-0.4, -0.2) is 36.8 Å². The van der Waals surface area contributed by atoms with Crippen LogP contribution in [0.4, 0.5) is 4.39 Å². The van der Waals surface area contributed by atoms with Crippen molar-refractivity contribution < 1.29 is 23.4 Å². The van der Waals surface area contributed by atoms with Gasteiger partial charge in [-0.2, -0.15) is 5.10 Å². The van der Waals surface area contributed by atoms with Crippen LogP contribution in [0.5, 0.6) is 17.2 Å². The molecule has 0 bridgehead atoms. The smallest absolute Gasteiger partial charge is 0.277 e. The third-order valence-corrected chi connectivity index (χ3v) is 9.00. The third kappa shape index (κ3) is 8.15. The number of carbonyl (C=O) groups is 1. The Morgan fingerprint density at radius 2 is 1.76 bits per heavy atom. The summed E-state index contributed by atoms with van der Waals surface area (Å²) in [5.74, 6) is 3.38. The van der Waals surface area contributed by atoms with E-state index in [-0.39, 0.29) is 24.9 Å². The summed E-state index contributed by atoms with van der Waals surface area (Å²) in [6, 6.07) is 17.5. The van der Waals surface area contributed by atoms with Gasteiger partial charge in [0.2, 0.25) is 0 Å². The molecular formula is C27H26BrFN2O4S2. The van der Waals surface area contributed by atoms with Crippen molar-refractivity contribution in [3.8, 4) is 17.2 Å². The quantitative estimate of drug-likeness (QED) is 0.197. The zero-order chi connectivity index (χ0) is 26.0. The topological polar surface area (TPSA) is 69.2 Å². The summed E-state index contributed by atoms with van der Waals surface area (Å²) in [5.41, 5.74) is 5.26. The normalized spacial score (nSPS) is 13.6. The Kier molecular flexibility index (Phi) is 10.2. The third-order valence-electron chi connectivity index (χ3n) is 5.21. The number of rotatable bonds is 11. The molecule has 194 valence electrons. The highest BCUT2D eigenvalue weighted by Gasteiger charge is 2.18. The predicted octanol–water partition coefficient (Wildman–Crippen LogP) is 6.57.